The van der Waals surface area contributed by atoms with Crippen molar-refractivity contribution in [1.82, 2.24) is 9.55 Å². The molecule has 2 heterocycles. The highest BCUT2D eigenvalue weighted by Gasteiger charge is 2.14. The van der Waals surface area contributed by atoms with Crippen molar-refractivity contribution in [3.05, 3.63) is 45.9 Å². The molecule has 0 radical (unpaired) electrons. The number of hydrogen-bond acceptors (Lipinski definition) is 3. The number of fused-ring (bicyclic) bond motifs is 1. The number of alkyl halides is 1. The Bertz CT molecular complexity index is 763. The van der Waals surface area contributed by atoms with Gasteiger partial charge in [-0.05, 0) is 31.2 Å². The van der Waals surface area contributed by atoms with Gasteiger partial charge in [-0.3, -0.25) is 0 Å². The third kappa shape index (κ3) is 2.78. The van der Waals surface area contributed by atoms with Crippen molar-refractivity contribution in [1.29, 1.82) is 0 Å². The van der Waals surface area contributed by atoms with E-state index in [4.69, 9.17) is 21.3 Å². The maximum Gasteiger partial charge on any atom is 0.146 e. The lowest BCUT2D eigenvalue weighted by atomic mass is 10.3. The molecule has 1 aromatic carbocycles. The van der Waals surface area contributed by atoms with Crippen LogP contribution in [0.1, 0.15) is 15.6 Å². The summed E-state index contributed by atoms with van der Waals surface area (Å²) in [7, 11) is 1.68. The number of halogens is 1. The normalized spacial score (nSPS) is 11.2. The van der Waals surface area contributed by atoms with E-state index in [-0.39, 0.29) is 0 Å². The van der Waals surface area contributed by atoms with E-state index in [9.17, 15) is 0 Å². The fourth-order valence-electron chi connectivity index (χ4n) is 2.51. The molecule has 0 spiro atoms. The third-order valence-corrected chi connectivity index (χ3v) is 4.64. The molecule has 0 saturated heterocycles. The first-order valence-corrected chi connectivity index (χ1v) is 8.21. The van der Waals surface area contributed by atoms with Crippen LogP contribution in [0, 0.1) is 6.92 Å². The third-order valence-electron chi connectivity index (χ3n) is 3.47. The molecule has 0 aliphatic heterocycles. The predicted molar refractivity (Wildman–Crippen MR) is 88.9 cm³/mol. The van der Waals surface area contributed by atoms with Crippen LogP contribution in [-0.4, -0.2) is 22.5 Å². The largest absolute Gasteiger partial charge is 0.494 e. The molecule has 110 valence electrons. The number of aryl methyl sites for hydroxylation is 2. The number of hydrogen-bond donors (Lipinski definition) is 0. The number of para-hydroxylation sites is 1. The van der Waals surface area contributed by atoms with Crippen molar-refractivity contribution in [2.24, 2.45) is 0 Å². The molecular formula is C16H17ClN2OS. The van der Waals surface area contributed by atoms with E-state index in [0.29, 0.717) is 5.88 Å². The second kappa shape index (κ2) is 6.08. The molecule has 0 fully saturated rings. The summed E-state index contributed by atoms with van der Waals surface area (Å²) >= 11 is 7.75. The Morgan fingerprint density at radius 2 is 2.14 bits per heavy atom. The number of imidazole rings is 1. The van der Waals surface area contributed by atoms with Gasteiger partial charge >= 0.3 is 0 Å². The lowest BCUT2D eigenvalue weighted by Gasteiger charge is -2.07. The van der Waals surface area contributed by atoms with Crippen LogP contribution in [0.15, 0.2) is 30.3 Å². The summed E-state index contributed by atoms with van der Waals surface area (Å²) in [5.41, 5.74) is 2.01. The molecule has 0 amide bonds. The first kappa shape index (κ1) is 14.4. The molecule has 3 nitrogen and oxygen atoms in total. The Morgan fingerprint density at radius 1 is 1.29 bits per heavy atom. The molecule has 2 aromatic heterocycles. The van der Waals surface area contributed by atoms with Crippen molar-refractivity contribution in [2.45, 2.75) is 19.9 Å². The maximum atomic E-state index is 5.93. The molecule has 0 N–H and O–H groups in total. The summed E-state index contributed by atoms with van der Waals surface area (Å²) in [5.74, 6) is 2.38. The Kier molecular flexibility index (Phi) is 4.17. The molecule has 21 heavy (non-hydrogen) atoms. The Morgan fingerprint density at radius 3 is 2.81 bits per heavy atom. The van der Waals surface area contributed by atoms with E-state index in [1.54, 1.807) is 7.11 Å². The number of nitrogens with zero attached hydrogens (tertiary/aromatic N) is 2. The van der Waals surface area contributed by atoms with Crippen LogP contribution < -0.4 is 4.74 Å². The van der Waals surface area contributed by atoms with Crippen molar-refractivity contribution in [3.8, 4) is 5.75 Å². The number of thiophene rings is 1. The smallest absolute Gasteiger partial charge is 0.146 e. The van der Waals surface area contributed by atoms with E-state index in [1.807, 2.05) is 23.5 Å². The van der Waals surface area contributed by atoms with Crippen LogP contribution in [-0.2, 0) is 13.0 Å². The number of methoxy groups -OCH3 is 1. The van der Waals surface area contributed by atoms with Crippen LogP contribution in [0.2, 0.25) is 0 Å². The van der Waals surface area contributed by atoms with Crippen molar-refractivity contribution in [2.75, 3.05) is 13.0 Å². The minimum Gasteiger partial charge on any atom is -0.494 e. The van der Waals surface area contributed by atoms with Gasteiger partial charge in [0.2, 0.25) is 0 Å². The standard InChI is InChI=1S/C16H17ClN2OS/c1-11-6-7-12(21-11)10-19-13-4-3-5-14(20-2)16(13)18-15(19)8-9-17/h3-7H,8-10H2,1-2H3. The molecule has 0 unspecified atom stereocenters. The van der Waals surface area contributed by atoms with E-state index in [0.717, 1.165) is 35.6 Å². The van der Waals surface area contributed by atoms with Gasteiger partial charge < -0.3 is 9.30 Å². The molecule has 0 aliphatic carbocycles. The Labute approximate surface area is 133 Å². The summed E-state index contributed by atoms with van der Waals surface area (Å²) in [6, 6.07) is 10.4. The molecule has 0 saturated carbocycles. The minimum absolute atomic E-state index is 0.565. The minimum atomic E-state index is 0.565. The zero-order chi connectivity index (χ0) is 14.8. The summed E-state index contributed by atoms with van der Waals surface area (Å²) in [6.45, 7) is 2.96. The van der Waals surface area contributed by atoms with Gasteiger partial charge in [0.15, 0.2) is 0 Å². The summed E-state index contributed by atoms with van der Waals surface area (Å²) < 4.78 is 7.66. The van der Waals surface area contributed by atoms with Crippen LogP contribution >= 0.6 is 22.9 Å². The van der Waals surface area contributed by atoms with E-state index >= 15 is 0 Å². The average molecular weight is 321 g/mol. The number of ether oxygens (including phenoxy) is 1. The first-order chi connectivity index (χ1) is 10.2. The van der Waals surface area contributed by atoms with E-state index in [2.05, 4.69) is 29.7 Å². The molecule has 0 atom stereocenters. The maximum absolute atomic E-state index is 5.93. The fraction of sp³-hybridized carbons (Fsp3) is 0.312. The van der Waals surface area contributed by atoms with Crippen molar-refractivity contribution in [3.63, 3.8) is 0 Å². The SMILES string of the molecule is COc1cccc2c1nc(CCCl)n2Cc1ccc(C)s1. The molecule has 0 bridgehead atoms. The summed E-state index contributed by atoms with van der Waals surface area (Å²) in [4.78, 5) is 7.38. The molecule has 3 rings (SSSR count). The number of rotatable bonds is 5. The van der Waals surface area contributed by atoms with Gasteiger partial charge in [0, 0.05) is 22.1 Å². The monoisotopic (exact) mass is 320 g/mol. The van der Waals surface area contributed by atoms with Crippen molar-refractivity contribution < 1.29 is 4.74 Å². The number of aromatic nitrogens is 2. The summed E-state index contributed by atoms with van der Waals surface area (Å²) in [5, 5.41) is 0. The fourth-order valence-corrected chi connectivity index (χ4v) is 3.56. The van der Waals surface area contributed by atoms with Crippen LogP contribution in [0.3, 0.4) is 0 Å². The van der Waals surface area contributed by atoms with Gasteiger partial charge in [-0.2, -0.15) is 0 Å². The lowest BCUT2D eigenvalue weighted by Crippen LogP contribution is -2.04. The molecular weight excluding hydrogens is 304 g/mol. The second-order valence-electron chi connectivity index (χ2n) is 4.89. The topological polar surface area (TPSA) is 27.1 Å². The van der Waals surface area contributed by atoms with Gasteiger partial charge in [0.1, 0.15) is 17.1 Å². The Balaban J connectivity index is 2.11. The van der Waals surface area contributed by atoms with Gasteiger partial charge in [0.05, 0.1) is 19.2 Å². The van der Waals surface area contributed by atoms with Crippen molar-refractivity contribution >= 4 is 34.0 Å². The first-order valence-electron chi connectivity index (χ1n) is 6.86. The highest BCUT2D eigenvalue weighted by Crippen LogP contribution is 2.28. The predicted octanol–water partition coefficient (Wildman–Crippen LogP) is 4.24. The zero-order valence-corrected chi connectivity index (χ0v) is 13.7. The van der Waals surface area contributed by atoms with Gasteiger partial charge in [-0.25, -0.2) is 4.98 Å². The Hall–Kier alpha value is -1.52. The number of benzene rings is 1. The van der Waals surface area contributed by atoms with E-state index < -0.39 is 0 Å². The highest BCUT2D eigenvalue weighted by molar-refractivity contribution is 7.11. The van der Waals surface area contributed by atoms with Crippen LogP contribution in [0.5, 0.6) is 5.75 Å². The van der Waals surface area contributed by atoms with Gasteiger partial charge in [0.25, 0.3) is 0 Å². The molecule has 5 heteroatoms. The molecule has 0 aliphatic rings. The quantitative estimate of drug-likeness (QED) is 0.657. The van der Waals surface area contributed by atoms with Gasteiger partial charge in [-0.15, -0.1) is 22.9 Å². The average Bonchev–Trinajstić information content (AvgIpc) is 3.04. The van der Waals surface area contributed by atoms with Crippen LogP contribution in [0.4, 0.5) is 0 Å². The second-order valence-corrected chi connectivity index (χ2v) is 6.64. The zero-order valence-electron chi connectivity index (χ0n) is 12.1. The summed E-state index contributed by atoms with van der Waals surface area (Å²) in [6.07, 6.45) is 0.754. The van der Waals surface area contributed by atoms with Gasteiger partial charge in [-0.1, -0.05) is 6.07 Å². The molecule has 3 aromatic rings. The van der Waals surface area contributed by atoms with Crippen LogP contribution in [0.25, 0.3) is 11.0 Å². The highest BCUT2D eigenvalue weighted by atomic mass is 35.5. The van der Waals surface area contributed by atoms with E-state index in [1.165, 1.54) is 9.75 Å². The lowest BCUT2D eigenvalue weighted by molar-refractivity contribution is 0.419.